The molecule has 1 aliphatic rings. The van der Waals surface area contributed by atoms with E-state index in [-0.39, 0.29) is 33.3 Å². The number of nitrogens with one attached hydrogen (secondary N) is 1. The van der Waals surface area contributed by atoms with Crippen LogP contribution in [0.15, 0.2) is 93.9 Å². The van der Waals surface area contributed by atoms with Crippen LogP contribution in [0.1, 0.15) is 42.3 Å². The van der Waals surface area contributed by atoms with Crippen molar-refractivity contribution in [3.05, 3.63) is 101 Å². The van der Waals surface area contributed by atoms with E-state index in [1.807, 2.05) is 0 Å². The van der Waals surface area contributed by atoms with Crippen molar-refractivity contribution in [1.82, 2.24) is 0 Å². The van der Waals surface area contributed by atoms with Gasteiger partial charge in [-0.05, 0) is 53.5 Å². The van der Waals surface area contributed by atoms with Crippen molar-refractivity contribution in [3.8, 4) is 5.75 Å². The number of allylic oxidation sites excluding steroid dienone is 2. The number of anilines is 1. The number of fused-ring (bicyclic) bond motifs is 1. The van der Waals surface area contributed by atoms with Crippen molar-refractivity contribution in [2.75, 3.05) is 5.32 Å². The molecule has 0 fully saturated rings. The van der Waals surface area contributed by atoms with E-state index in [1.165, 1.54) is 18.2 Å². The van der Waals surface area contributed by atoms with Gasteiger partial charge in [0.25, 0.3) is 10.0 Å². The highest BCUT2D eigenvalue weighted by atomic mass is 32.2. The molecule has 1 aliphatic carbocycles. The van der Waals surface area contributed by atoms with Crippen LogP contribution in [0, 0.1) is 0 Å². The third-order valence-electron chi connectivity index (χ3n) is 5.36. The van der Waals surface area contributed by atoms with Gasteiger partial charge in [0.05, 0.1) is 16.3 Å². The summed E-state index contributed by atoms with van der Waals surface area (Å²) in [5.74, 6) is -0.176. The van der Waals surface area contributed by atoms with E-state index < -0.39 is 10.0 Å². The number of nitrogens with zero attached hydrogens (tertiary/aromatic N) is 1. The maximum Gasteiger partial charge on any atom is 0.282 e. The molecule has 6 nitrogen and oxygen atoms in total. The van der Waals surface area contributed by atoms with Crippen LogP contribution >= 0.6 is 0 Å². The molecular formula is C26H24N2O4S. The molecule has 0 bridgehead atoms. The van der Waals surface area contributed by atoms with Crippen LogP contribution in [0.2, 0.25) is 0 Å². The van der Waals surface area contributed by atoms with E-state index in [4.69, 9.17) is 0 Å². The fourth-order valence-corrected chi connectivity index (χ4v) is 4.50. The smallest absolute Gasteiger partial charge is 0.282 e. The normalized spacial score (nSPS) is 15.2. The van der Waals surface area contributed by atoms with Crippen LogP contribution in [-0.2, 0) is 15.4 Å². The zero-order chi connectivity index (χ0) is 23.8. The molecule has 168 valence electrons. The molecule has 0 amide bonds. The molecule has 2 N–H and O–H groups in total. The first kappa shape index (κ1) is 22.5. The van der Waals surface area contributed by atoms with Crippen molar-refractivity contribution >= 4 is 27.2 Å². The number of benzene rings is 3. The Morgan fingerprint density at radius 2 is 1.45 bits per heavy atom. The fraction of sp³-hybridized carbons (Fsp3) is 0.154. The summed E-state index contributed by atoms with van der Waals surface area (Å²) in [5, 5.41) is 12.5. The molecule has 0 spiro atoms. The Kier molecular flexibility index (Phi) is 5.68. The molecule has 3 aromatic carbocycles. The maximum atomic E-state index is 13.1. The predicted octanol–water partition coefficient (Wildman–Crippen LogP) is 5.06. The average Bonchev–Trinajstić information content (AvgIpc) is 2.78. The minimum absolute atomic E-state index is 0.0822. The predicted molar refractivity (Wildman–Crippen MR) is 129 cm³/mol. The number of hydrogen-bond acceptors (Lipinski definition) is 5. The second-order valence-electron chi connectivity index (χ2n) is 8.83. The Hall–Kier alpha value is -3.71. The van der Waals surface area contributed by atoms with Crippen molar-refractivity contribution in [2.45, 2.75) is 31.1 Å². The fourth-order valence-electron chi connectivity index (χ4n) is 3.51. The van der Waals surface area contributed by atoms with E-state index in [2.05, 4.69) is 30.5 Å². The Balaban J connectivity index is 1.76. The Morgan fingerprint density at radius 1 is 0.848 bits per heavy atom. The van der Waals surface area contributed by atoms with E-state index in [9.17, 15) is 18.3 Å². The Morgan fingerprint density at radius 3 is 2.06 bits per heavy atom. The molecule has 0 unspecified atom stereocenters. The number of hydrogen-bond donors (Lipinski definition) is 2. The molecule has 0 saturated carbocycles. The zero-order valence-electron chi connectivity index (χ0n) is 18.5. The van der Waals surface area contributed by atoms with Gasteiger partial charge in [-0.1, -0.05) is 57.2 Å². The molecule has 4 rings (SSSR count). The topological polar surface area (TPSA) is 95.8 Å². The highest BCUT2D eigenvalue weighted by Gasteiger charge is 2.26. The molecule has 0 heterocycles. The second kappa shape index (κ2) is 8.33. The van der Waals surface area contributed by atoms with Gasteiger partial charge in [-0.15, -0.1) is 0 Å². The van der Waals surface area contributed by atoms with E-state index in [0.29, 0.717) is 16.8 Å². The summed E-state index contributed by atoms with van der Waals surface area (Å²) in [4.78, 5) is 13.1. The van der Waals surface area contributed by atoms with Gasteiger partial charge < -0.3 is 10.4 Å². The molecule has 0 aliphatic heterocycles. The lowest BCUT2D eigenvalue weighted by Gasteiger charge is -2.19. The first-order valence-electron chi connectivity index (χ1n) is 10.4. The van der Waals surface area contributed by atoms with Crippen LogP contribution in [0.4, 0.5) is 5.69 Å². The van der Waals surface area contributed by atoms with Crippen LogP contribution in [0.5, 0.6) is 5.75 Å². The van der Waals surface area contributed by atoms with E-state index in [0.717, 1.165) is 5.56 Å². The number of carbonyl (C=O) groups excluding carboxylic acids is 1. The van der Waals surface area contributed by atoms with Gasteiger partial charge in [0.15, 0.2) is 0 Å². The minimum Gasteiger partial charge on any atom is -0.508 e. The van der Waals surface area contributed by atoms with Crippen LogP contribution in [0.3, 0.4) is 0 Å². The third kappa shape index (κ3) is 4.73. The number of carbonyl (C=O) groups is 1. The summed E-state index contributed by atoms with van der Waals surface area (Å²) in [6, 6.07) is 19.7. The Labute approximate surface area is 193 Å². The third-order valence-corrected chi connectivity index (χ3v) is 6.66. The lowest BCUT2D eigenvalue weighted by atomic mass is 9.87. The van der Waals surface area contributed by atoms with Gasteiger partial charge >= 0.3 is 0 Å². The first-order valence-corrected chi connectivity index (χ1v) is 11.9. The van der Waals surface area contributed by atoms with Crippen LogP contribution < -0.4 is 5.32 Å². The lowest BCUT2D eigenvalue weighted by molar-refractivity contribution is 0.103. The monoisotopic (exact) mass is 460 g/mol. The quantitative estimate of drug-likeness (QED) is 0.531. The van der Waals surface area contributed by atoms with Gasteiger partial charge in [-0.25, -0.2) is 0 Å². The number of ketones is 1. The van der Waals surface area contributed by atoms with Gasteiger partial charge in [0, 0.05) is 16.8 Å². The highest BCUT2D eigenvalue weighted by molar-refractivity contribution is 7.90. The molecule has 0 atom stereocenters. The maximum absolute atomic E-state index is 13.1. The SMILES string of the molecule is CC(C)(C)c1ccc(S(=O)(=O)N=C2C=C(Nc3ccc(O)cc3)C(=O)c3ccccc32)cc1. The molecule has 7 heteroatoms. The summed E-state index contributed by atoms with van der Waals surface area (Å²) in [7, 11) is -4.01. The lowest BCUT2D eigenvalue weighted by Crippen LogP contribution is -2.22. The van der Waals surface area contributed by atoms with Crippen molar-refractivity contribution in [1.29, 1.82) is 0 Å². The summed E-state index contributed by atoms with van der Waals surface area (Å²) in [5.41, 5.74) is 2.67. The number of Topliss-reactive ketones (excluding diaryl/α,β-unsaturated/α-hetero) is 1. The van der Waals surface area contributed by atoms with Crippen molar-refractivity contribution < 1.29 is 18.3 Å². The standard InChI is InChI=1S/C26H24N2O4S/c1-26(2,3)17-8-14-20(15-9-17)33(31,32)28-23-16-24(27-18-10-12-19(29)13-11-18)25(30)22-7-5-4-6-21(22)23/h4-16,27,29H,1-3H3. The molecule has 0 radical (unpaired) electrons. The molecule has 0 aromatic heterocycles. The molecule has 33 heavy (non-hydrogen) atoms. The van der Waals surface area contributed by atoms with Gasteiger partial charge in [0.1, 0.15) is 5.75 Å². The number of rotatable bonds is 4. The summed E-state index contributed by atoms with van der Waals surface area (Å²) < 4.78 is 30.3. The number of phenolic OH excluding ortho intramolecular Hbond substituents is 1. The largest absolute Gasteiger partial charge is 0.508 e. The van der Waals surface area contributed by atoms with Crippen molar-refractivity contribution in [2.24, 2.45) is 4.40 Å². The van der Waals surface area contributed by atoms with Crippen molar-refractivity contribution in [3.63, 3.8) is 0 Å². The minimum atomic E-state index is -4.01. The Bertz CT molecular complexity index is 1380. The van der Waals surface area contributed by atoms with Gasteiger partial charge in [-0.2, -0.15) is 12.8 Å². The number of aromatic hydroxyl groups is 1. The summed E-state index contributed by atoms with van der Waals surface area (Å²) in [6.45, 7) is 6.17. The second-order valence-corrected chi connectivity index (χ2v) is 10.4. The van der Waals surface area contributed by atoms with Gasteiger partial charge in [0.2, 0.25) is 5.78 Å². The van der Waals surface area contributed by atoms with E-state index in [1.54, 1.807) is 60.7 Å². The number of phenols is 1. The van der Waals surface area contributed by atoms with Crippen LogP contribution in [-0.4, -0.2) is 25.0 Å². The summed E-state index contributed by atoms with van der Waals surface area (Å²) >= 11 is 0. The summed E-state index contributed by atoms with van der Waals surface area (Å²) in [6.07, 6.45) is 1.44. The first-order chi connectivity index (χ1) is 15.5. The highest BCUT2D eigenvalue weighted by Crippen LogP contribution is 2.27. The van der Waals surface area contributed by atoms with E-state index >= 15 is 0 Å². The molecule has 0 saturated heterocycles. The van der Waals surface area contributed by atoms with Gasteiger partial charge in [-0.3, -0.25) is 4.79 Å². The average molecular weight is 461 g/mol. The molecule has 3 aromatic rings. The molecular weight excluding hydrogens is 436 g/mol. The number of sulfonamides is 1. The zero-order valence-corrected chi connectivity index (χ0v) is 19.3. The van der Waals surface area contributed by atoms with Crippen LogP contribution in [0.25, 0.3) is 0 Å².